The minimum absolute atomic E-state index is 0.0868. The summed E-state index contributed by atoms with van der Waals surface area (Å²) < 4.78 is 0. The summed E-state index contributed by atoms with van der Waals surface area (Å²) in [5.74, 6) is -0.181. The quantitative estimate of drug-likeness (QED) is 0.526. The highest BCUT2D eigenvalue weighted by Crippen LogP contribution is 2.24. The van der Waals surface area contributed by atoms with Crippen molar-refractivity contribution in [2.75, 3.05) is 6.54 Å². The zero-order valence-corrected chi connectivity index (χ0v) is 9.45. The Balaban J connectivity index is 2.46. The van der Waals surface area contributed by atoms with E-state index in [0.717, 1.165) is 29.8 Å². The van der Waals surface area contributed by atoms with Crippen LogP contribution >= 0.6 is 0 Å². The zero-order chi connectivity index (χ0) is 12.1. The van der Waals surface area contributed by atoms with E-state index in [2.05, 4.69) is 18.5 Å². The minimum Gasteiger partial charge on any atom is -0.504 e. The van der Waals surface area contributed by atoms with Crippen molar-refractivity contribution in [3.8, 4) is 11.5 Å². The number of hydrogen-bond acceptors (Lipinski definition) is 3. The number of allylic oxidation sites excluding steroid dienone is 1. The lowest BCUT2D eigenvalue weighted by Gasteiger charge is -2.09. The van der Waals surface area contributed by atoms with Gasteiger partial charge < -0.3 is 15.5 Å². The van der Waals surface area contributed by atoms with Crippen LogP contribution in [0.5, 0.6) is 11.5 Å². The molecule has 0 unspecified atom stereocenters. The highest BCUT2D eigenvalue weighted by atomic mass is 16.3. The van der Waals surface area contributed by atoms with Crippen LogP contribution in [0, 0.1) is 0 Å². The molecule has 1 rings (SSSR count). The van der Waals surface area contributed by atoms with Crippen LogP contribution in [0.3, 0.4) is 0 Å². The van der Waals surface area contributed by atoms with Gasteiger partial charge in [-0.05, 0) is 36.6 Å². The Morgan fingerprint density at radius 1 is 1.25 bits per heavy atom. The van der Waals surface area contributed by atoms with Gasteiger partial charge in [0.25, 0.3) is 0 Å². The average molecular weight is 219 g/mol. The number of phenolic OH excluding ortho intramolecular Hbond substituents is 2. The lowest BCUT2D eigenvalue weighted by molar-refractivity contribution is 0.403. The van der Waals surface area contributed by atoms with E-state index >= 15 is 0 Å². The summed E-state index contributed by atoms with van der Waals surface area (Å²) in [6, 6.07) is 4.82. The average Bonchev–Trinajstić information content (AvgIpc) is 2.23. The maximum Gasteiger partial charge on any atom is 0.157 e. The first-order valence-electron chi connectivity index (χ1n) is 5.10. The van der Waals surface area contributed by atoms with Crippen molar-refractivity contribution in [1.29, 1.82) is 0 Å². The largest absolute Gasteiger partial charge is 0.504 e. The molecule has 0 bridgehead atoms. The number of phenols is 2. The Hall–Kier alpha value is -1.90. The molecule has 0 radical (unpaired) electrons. The van der Waals surface area contributed by atoms with Gasteiger partial charge in [0.2, 0.25) is 0 Å². The van der Waals surface area contributed by atoms with Gasteiger partial charge in [0.05, 0.1) is 0 Å². The molecule has 0 aromatic heterocycles. The SMILES string of the molecule is C=C(C)C(=C)NCCc1ccc(O)c(O)c1. The smallest absolute Gasteiger partial charge is 0.157 e. The van der Waals surface area contributed by atoms with Gasteiger partial charge in [-0.2, -0.15) is 0 Å². The van der Waals surface area contributed by atoms with Crippen LogP contribution in [0.1, 0.15) is 12.5 Å². The molecule has 0 saturated heterocycles. The first-order valence-corrected chi connectivity index (χ1v) is 5.10. The second-order valence-corrected chi connectivity index (χ2v) is 3.76. The van der Waals surface area contributed by atoms with Crippen LogP contribution in [-0.4, -0.2) is 16.8 Å². The van der Waals surface area contributed by atoms with Gasteiger partial charge in [-0.25, -0.2) is 0 Å². The van der Waals surface area contributed by atoms with E-state index in [1.54, 1.807) is 12.1 Å². The molecule has 0 saturated carbocycles. The summed E-state index contributed by atoms with van der Waals surface area (Å²) in [5.41, 5.74) is 2.69. The van der Waals surface area contributed by atoms with Crippen molar-refractivity contribution in [3.63, 3.8) is 0 Å². The molecule has 0 aliphatic carbocycles. The number of nitrogens with one attached hydrogen (secondary N) is 1. The van der Waals surface area contributed by atoms with Crippen LogP contribution in [-0.2, 0) is 6.42 Å². The molecule has 0 atom stereocenters. The normalized spacial score (nSPS) is 9.81. The topological polar surface area (TPSA) is 52.5 Å². The third-order valence-electron chi connectivity index (χ3n) is 2.31. The molecule has 1 aromatic carbocycles. The van der Waals surface area contributed by atoms with Crippen molar-refractivity contribution >= 4 is 0 Å². The second-order valence-electron chi connectivity index (χ2n) is 3.76. The van der Waals surface area contributed by atoms with Gasteiger partial charge in [0.1, 0.15) is 0 Å². The summed E-state index contributed by atoms with van der Waals surface area (Å²) in [6.45, 7) is 10.2. The molecule has 3 nitrogen and oxygen atoms in total. The fourth-order valence-electron chi connectivity index (χ4n) is 1.23. The second kappa shape index (κ2) is 5.26. The third-order valence-corrected chi connectivity index (χ3v) is 2.31. The maximum absolute atomic E-state index is 9.29. The molecule has 0 fully saturated rings. The van der Waals surface area contributed by atoms with Gasteiger partial charge in [-0.1, -0.05) is 19.2 Å². The summed E-state index contributed by atoms with van der Waals surface area (Å²) in [5, 5.41) is 21.6. The van der Waals surface area contributed by atoms with Crippen LogP contribution in [0.2, 0.25) is 0 Å². The lowest BCUT2D eigenvalue weighted by Crippen LogP contribution is -2.16. The molecule has 0 spiro atoms. The lowest BCUT2D eigenvalue weighted by atomic mass is 10.1. The van der Waals surface area contributed by atoms with Crippen LogP contribution < -0.4 is 5.32 Å². The summed E-state index contributed by atoms with van der Waals surface area (Å²) in [6.07, 6.45) is 0.750. The van der Waals surface area contributed by atoms with Crippen molar-refractivity contribution < 1.29 is 10.2 Å². The molecule has 16 heavy (non-hydrogen) atoms. The number of rotatable bonds is 5. The highest BCUT2D eigenvalue weighted by molar-refractivity contribution is 5.40. The van der Waals surface area contributed by atoms with Crippen LogP contribution in [0.4, 0.5) is 0 Å². The van der Waals surface area contributed by atoms with E-state index in [1.165, 1.54) is 6.07 Å². The van der Waals surface area contributed by atoms with E-state index in [4.69, 9.17) is 5.11 Å². The Bertz CT molecular complexity index is 410. The fraction of sp³-hybridized carbons (Fsp3) is 0.231. The molecule has 0 heterocycles. The Kier molecular flexibility index (Phi) is 4.00. The molecule has 3 N–H and O–H groups in total. The van der Waals surface area contributed by atoms with Gasteiger partial charge in [0.15, 0.2) is 11.5 Å². The fourth-order valence-corrected chi connectivity index (χ4v) is 1.23. The molecule has 3 heteroatoms. The first-order chi connectivity index (χ1) is 7.50. The Morgan fingerprint density at radius 2 is 1.94 bits per heavy atom. The van der Waals surface area contributed by atoms with E-state index in [9.17, 15) is 5.11 Å². The first kappa shape index (κ1) is 12.2. The predicted molar refractivity (Wildman–Crippen MR) is 65.4 cm³/mol. The number of hydrogen-bond donors (Lipinski definition) is 3. The van der Waals surface area contributed by atoms with E-state index in [1.807, 2.05) is 6.92 Å². The van der Waals surface area contributed by atoms with Gasteiger partial charge in [-0.15, -0.1) is 0 Å². The monoisotopic (exact) mass is 219 g/mol. The number of benzene rings is 1. The summed E-state index contributed by atoms with van der Waals surface area (Å²) >= 11 is 0. The molecule has 0 aliphatic heterocycles. The van der Waals surface area contributed by atoms with Crippen LogP contribution in [0.15, 0.2) is 42.6 Å². The van der Waals surface area contributed by atoms with Crippen molar-refractivity contribution in [2.24, 2.45) is 0 Å². The van der Waals surface area contributed by atoms with Gasteiger partial charge >= 0.3 is 0 Å². The molecule has 0 aliphatic rings. The van der Waals surface area contributed by atoms with Gasteiger partial charge in [0, 0.05) is 12.2 Å². The van der Waals surface area contributed by atoms with Crippen molar-refractivity contribution in [2.45, 2.75) is 13.3 Å². The summed E-state index contributed by atoms with van der Waals surface area (Å²) in [7, 11) is 0. The van der Waals surface area contributed by atoms with Gasteiger partial charge in [-0.3, -0.25) is 0 Å². The minimum atomic E-state index is -0.0944. The van der Waals surface area contributed by atoms with Crippen molar-refractivity contribution in [3.05, 3.63) is 48.2 Å². The number of aromatic hydroxyl groups is 2. The molecular formula is C13H17NO2. The van der Waals surface area contributed by atoms with Crippen molar-refractivity contribution in [1.82, 2.24) is 5.32 Å². The molecule has 0 amide bonds. The van der Waals surface area contributed by atoms with E-state index in [0.29, 0.717) is 0 Å². The Morgan fingerprint density at radius 3 is 2.50 bits per heavy atom. The molecular weight excluding hydrogens is 202 g/mol. The molecule has 1 aromatic rings. The van der Waals surface area contributed by atoms with Crippen LogP contribution in [0.25, 0.3) is 0 Å². The molecule has 86 valence electrons. The van der Waals surface area contributed by atoms with E-state index in [-0.39, 0.29) is 11.5 Å². The Labute approximate surface area is 95.7 Å². The predicted octanol–water partition coefficient (Wildman–Crippen LogP) is 2.32. The standard InChI is InChI=1S/C13H17NO2/c1-9(2)10(3)14-7-6-11-4-5-12(15)13(16)8-11/h4-5,8,14-16H,1,3,6-7H2,2H3. The third kappa shape index (κ3) is 3.35. The zero-order valence-electron chi connectivity index (χ0n) is 9.45. The summed E-state index contributed by atoms with van der Waals surface area (Å²) in [4.78, 5) is 0. The maximum atomic E-state index is 9.29. The van der Waals surface area contributed by atoms with E-state index < -0.39 is 0 Å². The highest BCUT2D eigenvalue weighted by Gasteiger charge is 2.00.